The summed E-state index contributed by atoms with van der Waals surface area (Å²) in [5, 5.41) is 8.61. The summed E-state index contributed by atoms with van der Waals surface area (Å²) in [7, 11) is -2.03. The van der Waals surface area contributed by atoms with Crippen molar-refractivity contribution in [1.29, 1.82) is 0 Å². The largest absolute Gasteiger partial charge is 0.481 e. The second kappa shape index (κ2) is 6.45. The first-order valence-electron chi connectivity index (χ1n) is 6.89. The monoisotopic (exact) mass is 326 g/mol. The number of carbonyl (C=O) groups is 2. The average molecular weight is 326 g/mol. The molecule has 1 aromatic rings. The quantitative estimate of drug-likeness (QED) is 0.766. The van der Waals surface area contributed by atoms with Crippen LogP contribution in [0.5, 0.6) is 0 Å². The number of sulfonamides is 1. The van der Waals surface area contributed by atoms with Crippen LogP contribution in [0.3, 0.4) is 0 Å². The molecule has 2 rings (SSSR count). The van der Waals surface area contributed by atoms with Crippen LogP contribution in [0.4, 0.5) is 0 Å². The predicted octanol–water partition coefficient (Wildman–Crippen LogP) is 0.674. The maximum atomic E-state index is 12.1. The number of carboxylic acid groups (broad SMARTS) is 1. The second-order valence-corrected chi connectivity index (χ2v) is 7.00. The Labute approximate surface area is 129 Å². The lowest BCUT2D eigenvalue weighted by atomic mass is 10.2. The van der Waals surface area contributed by atoms with Crippen molar-refractivity contribution < 1.29 is 23.1 Å². The molecule has 8 heteroatoms. The van der Waals surface area contributed by atoms with Crippen LogP contribution in [0.15, 0.2) is 29.2 Å². The topological polar surface area (TPSA) is 104 Å². The number of aliphatic carboxylic acids is 1. The predicted molar refractivity (Wildman–Crippen MR) is 79.0 cm³/mol. The molecule has 1 saturated carbocycles. The Kier molecular flexibility index (Phi) is 4.82. The minimum absolute atomic E-state index is 0.0217. The summed E-state index contributed by atoms with van der Waals surface area (Å²) in [6.45, 7) is 0.0947. The van der Waals surface area contributed by atoms with Gasteiger partial charge in [-0.25, -0.2) is 13.1 Å². The van der Waals surface area contributed by atoms with E-state index < -0.39 is 16.0 Å². The number of hydrogen-bond donors (Lipinski definition) is 2. The van der Waals surface area contributed by atoms with Crippen molar-refractivity contribution in [2.75, 3.05) is 13.6 Å². The first-order chi connectivity index (χ1) is 10.3. The van der Waals surface area contributed by atoms with Crippen LogP contribution in [0.1, 0.15) is 29.6 Å². The van der Waals surface area contributed by atoms with Crippen LogP contribution in [-0.2, 0) is 14.8 Å². The number of nitrogens with one attached hydrogen (secondary N) is 1. The van der Waals surface area contributed by atoms with E-state index in [0.29, 0.717) is 5.56 Å². The molecular weight excluding hydrogens is 308 g/mol. The van der Waals surface area contributed by atoms with Crippen LogP contribution in [0, 0.1) is 0 Å². The van der Waals surface area contributed by atoms with Gasteiger partial charge in [-0.3, -0.25) is 9.59 Å². The lowest BCUT2D eigenvalue weighted by molar-refractivity contribution is -0.137. The molecule has 1 aliphatic carbocycles. The standard InChI is InChI=1S/C14H18N2O5S/c1-16(9-8-13(17)18)14(19)10-2-6-12(7-3-10)22(20,21)15-11-4-5-11/h2-3,6-7,11,15H,4-5,8-9H2,1H3,(H,17,18). The Bertz CT molecular complexity index is 665. The molecule has 0 aromatic heterocycles. The molecule has 1 amide bonds. The van der Waals surface area contributed by atoms with Crippen molar-refractivity contribution in [2.24, 2.45) is 0 Å². The van der Waals surface area contributed by atoms with Crippen LogP contribution >= 0.6 is 0 Å². The van der Waals surface area contributed by atoms with E-state index >= 15 is 0 Å². The van der Waals surface area contributed by atoms with Gasteiger partial charge in [0.15, 0.2) is 0 Å². The minimum Gasteiger partial charge on any atom is -0.481 e. The van der Waals surface area contributed by atoms with E-state index in [0.717, 1.165) is 12.8 Å². The zero-order valence-corrected chi connectivity index (χ0v) is 13.0. The van der Waals surface area contributed by atoms with Gasteiger partial charge in [-0.2, -0.15) is 0 Å². The van der Waals surface area contributed by atoms with Gasteiger partial charge in [-0.05, 0) is 37.1 Å². The molecule has 0 unspecified atom stereocenters. The number of nitrogens with zero attached hydrogens (tertiary/aromatic N) is 1. The molecule has 120 valence electrons. The van der Waals surface area contributed by atoms with Crippen LogP contribution in [0.25, 0.3) is 0 Å². The first kappa shape index (κ1) is 16.4. The molecule has 0 heterocycles. The molecule has 0 radical (unpaired) electrons. The highest BCUT2D eigenvalue weighted by Crippen LogP contribution is 2.22. The van der Waals surface area contributed by atoms with Crippen molar-refractivity contribution in [3.05, 3.63) is 29.8 Å². The zero-order valence-electron chi connectivity index (χ0n) is 12.2. The van der Waals surface area contributed by atoms with Gasteiger partial charge in [-0.1, -0.05) is 0 Å². The van der Waals surface area contributed by atoms with E-state index in [1.807, 2.05) is 0 Å². The molecule has 7 nitrogen and oxygen atoms in total. The van der Waals surface area contributed by atoms with Crippen LogP contribution < -0.4 is 4.72 Å². The highest BCUT2D eigenvalue weighted by Gasteiger charge is 2.28. The van der Waals surface area contributed by atoms with Gasteiger partial charge in [0.1, 0.15) is 0 Å². The van der Waals surface area contributed by atoms with Crippen LogP contribution in [-0.4, -0.2) is 49.9 Å². The lowest BCUT2D eigenvalue weighted by Crippen LogP contribution is -2.29. The summed E-state index contributed by atoms with van der Waals surface area (Å²) in [6, 6.07) is 5.64. The number of amides is 1. The Morgan fingerprint density at radius 2 is 1.86 bits per heavy atom. The second-order valence-electron chi connectivity index (χ2n) is 5.29. The fraction of sp³-hybridized carbons (Fsp3) is 0.429. The molecule has 0 atom stereocenters. The summed E-state index contributed by atoms with van der Waals surface area (Å²) in [4.78, 5) is 24.0. The van der Waals surface area contributed by atoms with Crippen molar-refractivity contribution in [2.45, 2.75) is 30.2 Å². The van der Waals surface area contributed by atoms with Crippen LogP contribution in [0.2, 0.25) is 0 Å². The lowest BCUT2D eigenvalue weighted by Gasteiger charge is -2.16. The molecular formula is C14H18N2O5S. The Morgan fingerprint density at radius 1 is 1.27 bits per heavy atom. The number of carbonyl (C=O) groups excluding carboxylic acids is 1. The maximum absolute atomic E-state index is 12.1. The first-order valence-corrected chi connectivity index (χ1v) is 8.37. The highest BCUT2D eigenvalue weighted by molar-refractivity contribution is 7.89. The van der Waals surface area contributed by atoms with Gasteiger partial charge in [0, 0.05) is 25.2 Å². The van der Waals surface area contributed by atoms with E-state index in [4.69, 9.17) is 5.11 Å². The van der Waals surface area contributed by atoms with Gasteiger partial charge in [0.2, 0.25) is 10.0 Å². The van der Waals surface area contributed by atoms with Crippen molar-refractivity contribution in [3.8, 4) is 0 Å². The van der Waals surface area contributed by atoms with E-state index in [1.165, 1.54) is 36.2 Å². The van der Waals surface area contributed by atoms with E-state index in [2.05, 4.69) is 4.72 Å². The molecule has 1 aromatic carbocycles. The SMILES string of the molecule is CN(CCC(=O)O)C(=O)c1ccc(S(=O)(=O)NC2CC2)cc1. The summed E-state index contributed by atoms with van der Waals surface area (Å²) < 4.78 is 26.6. The maximum Gasteiger partial charge on any atom is 0.305 e. The Morgan fingerprint density at radius 3 is 2.36 bits per heavy atom. The molecule has 0 bridgehead atoms. The fourth-order valence-electron chi connectivity index (χ4n) is 1.85. The van der Waals surface area contributed by atoms with E-state index in [-0.39, 0.29) is 29.8 Å². The third-order valence-electron chi connectivity index (χ3n) is 3.32. The van der Waals surface area contributed by atoms with Crippen molar-refractivity contribution in [1.82, 2.24) is 9.62 Å². The number of carboxylic acids is 1. The third kappa shape index (κ3) is 4.28. The fourth-order valence-corrected chi connectivity index (χ4v) is 3.16. The third-order valence-corrected chi connectivity index (χ3v) is 4.85. The minimum atomic E-state index is -3.53. The Hall–Kier alpha value is -1.93. The molecule has 22 heavy (non-hydrogen) atoms. The normalized spacial score (nSPS) is 14.6. The van der Waals surface area contributed by atoms with Gasteiger partial charge in [0.05, 0.1) is 11.3 Å². The number of benzene rings is 1. The summed E-state index contributed by atoms with van der Waals surface area (Å²) in [5.74, 6) is -1.33. The molecule has 0 aliphatic heterocycles. The summed E-state index contributed by atoms with van der Waals surface area (Å²) in [6.07, 6.45) is 1.56. The van der Waals surface area contributed by atoms with Gasteiger partial charge in [0.25, 0.3) is 5.91 Å². The van der Waals surface area contributed by atoms with Gasteiger partial charge >= 0.3 is 5.97 Å². The van der Waals surface area contributed by atoms with Crippen molar-refractivity contribution >= 4 is 21.9 Å². The van der Waals surface area contributed by atoms with Crippen molar-refractivity contribution in [3.63, 3.8) is 0 Å². The summed E-state index contributed by atoms with van der Waals surface area (Å²) >= 11 is 0. The number of rotatable bonds is 7. The molecule has 0 spiro atoms. The molecule has 1 fully saturated rings. The zero-order chi connectivity index (χ0) is 16.3. The summed E-state index contributed by atoms with van der Waals surface area (Å²) in [5.41, 5.74) is 0.318. The highest BCUT2D eigenvalue weighted by atomic mass is 32.2. The number of hydrogen-bond acceptors (Lipinski definition) is 4. The van der Waals surface area contributed by atoms with Gasteiger partial charge in [-0.15, -0.1) is 0 Å². The Balaban J connectivity index is 2.04. The molecule has 2 N–H and O–H groups in total. The molecule has 1 aliphatic rings. The smallest absolute Gasteiger partial charge is 0.305 e. The van der Waals surface area contributed by atoms with E-state index in [9.17, 15) is 18.0 Å². The molecule has 0 saturated heterocycles. The average Bonchev–Trinajstić information content (AvgIpc) is 3.27. The van der Waals surface area contributed by atoms with E-state index in [1.54, 1.807) is 0 Å². The van der Waals surface area contributed by atoms with Gasteiger partial charge < -0.3 is 10.0 Å².